The van der Waals surface area contributed by atoms with Gasteiger partial charge in [-0.1, -0.05) is 29.2 Å². The van der Waals surface area contributed by atoms with Gasteiger partial charge in [0, 0.05) is 28.9 Å². The van der Waals surface area contributed by atoms with E-state index in [4.69, 9.17) is 4.74 Å². The second kappa shape index (κ2) is 11.6. The summed E-state index contributed by atoms with van der Waals surface area (Å²) < 4.78 is 19.6. The van der Waals surface area contributed by atoms with Crippen LogP contribution in [-0.4, -0.2) is 45.1 Å². The SMILES string of the molecule is CCOC(=O)c1ccc(N2C(=O)C3Sc4c(sc(=O)n4CC(=O)Nc4ccc(F)cc4)C(c4cccnc4)C3C2=O)cc1. The Hall–Kier alpha value is -4.62. The van der Waals surface area contributed by atoms with Crippen molar-refractivity contribution in [3.63, 3.8) is 0 Å². The molecule has 3 atom stereocenters. The summed E-state index contributed by atoms with van der Waals surface area (Å²) in [5, 5.41) is 2.20. The average Bonchev–Trinajstić information content (AvgIpc) is 3.45. The standard InChI is InChI=1S/C30H23FN4O6S2/c1-2-41-29(39)16-5-11-20(12-6-16)35-26(37)23-22(17-4-3-13-32-14-17)25-28(42-24(23)27(35)38)34(30(40)43-25)15-21(36)33-19-9-7-18(31)8-10-19/h3-14,22-24H,2,15H2,1H3,(H,33,36). The van der Waals surface area contributed by atoms with E-state index in [2.05, 4.69) is 10.3 Å². The minimum absolute atomic E-state index is 0.211. The molecule has 3 amide bonds. The van der Waals surface area contributed by atoms with Gasteiger partial charge in [-0.25, -0.2) is 14.1 Å². The number of amides is 3. The maximum absolute atomic E-state index is 14.0. The van der Waals surface area contributed by atoms with E-state index in [9.17, 15) is 28.4 Å². The number of halogens is 1. The molecule has 4 heterocycles. The van der Waals surface area contributed by atoms with Crippen LogP contribution in [0.15, 0.2) is 82.9 Å². The van der Waals surface area contributed by atoms with Gasteiger partial charge >= 0.3 is 10.8 Å². The molecule has 0 spiro atoms. The van der Waals surface area contributed by atoms with Crippen LogP contribution in [0.4, 0.5) is 15.8 Å². The molecule has 218 valence electrons. The largest absolute Gasteiger partial charge is 0.462 e. The first kappa shape index (κ1) is 28.5. The molecule has 1 fully saturated rings. The summed E-state index contributed by atoms with van der Waals surface area (Å²) in [5.41, 5.74) is 1.62. The lowest BCUT2D eigenvalue weighted by molar-refractivity contribution is -0.122. The molecule has 10 nitrogen and oxygen atoms in total. The number of thiazole rings is 1. The lowest BCUT2D eigenvalue weighted by Gasteiger charge is -2.30. The Morgan fingerprint density at radius 2 is 1.77 bits per heavy atom. The van der Waals surface area contributed by atoms with Crippen LogP contribution in [0.5, 0.6) is 0 Å². The maximum atomic E-state index is 14.0. The number of pyridine rings is 1. The average molecular weight is 619 g/mol. The van der Waals surface area contributed by atoms with Crippen LogP contribution in [0.1, 0.15) is 33.6 Å². The molecule has 2 aliphatic heterocycles. The second-order valence-corrected chi connectivity index (χ2v) is 11.9. The molecular weight excluding hydrogens is 595 g/mol. The van der Waals surface area contributed by atoms with E-state index < -0.39 is 51.5 Å². The number of esters is 1. The predicted octanol–water partition coefficient (Wildman–Crippen LogP) is 4.06. The number of ether oxygens (including phenoxy) is 1. The number of hydrogen-bond donors (Lipinski definition) is 1. The van der Waals surface area contributed by atoms with Gasteiger partial charge < -0.3 is 10.1 Å². The number of anilines is 2. The number of benzene rings is 2. The number of nitrogens with zero attached hydrogens (tertiary/aromatic N) is 3. The van der Waals surface area contributed by atoms with Gasteiger partial charge in [-0.2, -0.15) is 0 Å². The van der Waals surface area contributed by atoms with Crippen molar-refractivity contribution < 1.29 is 28.3 Å². The van der Waals surface area contributed by atoms with E-state index in [1.807, 2.05) is 0 Å². The molecule has 3 unspecified atom stereocenters. The van der Waals surface area contributed by atoms with Crippen molar-refractivity contribution in [1.82, 2.24) is 9.55 Å². The molecule has 1 N–H and O–H groups in total. The van der Waals surface area contributed by atoms with Crippen LogP contribution in [0.25, 0.3) is 0 Å². The van der Waals surface area contributed by atoms with Crippen molar-refractivity contribution in [2.75, 3.05) is 16.8 Å². The smallest absolute Gasteiger partial charge is 0.338 e. The third-order valence-corrected chi connectivity index (χ3v) is 9.76. The molecule has 2 aromatic carbocycles. The molecule has 0 radical (unpaired) electrons. The van der Waals surface area contributed by atoms with E-state index in [1.54, 1.807) is 31.5 Å². The number of rotatable bonds is 7. The molecule has 1 saturated heterocycles. The number of thioether (sulfide) groups is 1. The summed E-state index contributed by atoms with van der Waals surface area (Å²) in [7, 11) is 0. The Balaban J connectivity index is 1.35. The van der Waals surface area contributed by atoms with Gasteiger partial charge in [0.25, 0.3) is 0 Å². The normalized spacial score (nSPS) is 19.1. The number of fused-ring (bicyclic) bond motifs is 2. The number of carbonyl (C=O) groups is 4. The first-order valence-electron chi connectivity index (χ1n) is 13.3. The van der Waals surface area contributed by atoms with Crippen molar-refractivity contribution in [3.05, 3.63) is 105 Å². The van der Waals surface area contributed by atoms with Gasteiger partial charge in [0.15, 0.2) is 0 Å². The van der Waals surface area contributed by atoms with E-state index >= 15 is 0 Å². The summed E-state index contributed by atoms with van der Waals surface area (Å²) in [6, 6.07) is 14.8. The lowest BCUT2D eigenvalue weighted by Crippen LogP contribution is -2.33. The lowest BCUT2D eigenvalue weighted by atomic mass is 9.84. The van der Waals surface area contributed by atoms with E-state index in [1.165, 1.54) is 53.1 Å². The Bertz CT molecular complexity index is 1790. The molecule has 43 heavy (non-hydrogen) atoms. The number of imide groups is 1. The first-order valence-corrected chi connectivity index (χ1v) is 15.0. The van der Waals surface area contributed by atoms with Crippen molar-refractivity contribution in [2.24, 2.45) is 5.92 Å². The van der Waals surface area contributed by atoms with Crippen molar-refractivity contribution >= 4 is 58.2 Å². The Morgan fingerprint density at radius 1 is 1.02 bits per heavy atom. The first-order chi connectivity index (χ1) is 20.8. The second-order valence-electron chi connectivity index (χ2n) is 9.79. The fourth-order valence-electron chi connectivity index (χ4n) is 5.27. The summed E-state index contributed by atoms with van der Waals surface area (Å²) >= 11 is 2.01. The van der Waals surface area contributed by atoms with Crippen molar-refractivity contribution in [3.8, 4) is 0 Å². The van der Waals surface area contributed by atoms with E-state index in [0.717, 1.165) is 28.0 Å². The molecule has 0 saturated carbocycles. The zero-order valence-corrected chi connectivity index (χ0v) is 24.2. The van der Waals surface area contributed by atoms with Crippen molar-refractivity contribution in [1.29, 1.82) is 0 Å². The van der Waals surface area contributed by atoms with Crippen LogP contribution in [0.3, 0.4) is 0 Å². The Morgan fingerprint density at radius 3 is 2.44 bits per heavy atom. The molecular formula is C30H23FN4O6S2. The quantitative estimate of drug-likeness (QED) is 0.243. The fourth-order valence-corrected chi connectivity index (χ4v) is 8.04. The van der Waals surface area contributed by atoms with Gasteiger partial charge in [0.2, 0.25) is 17.7 Å². The summed E-state index contributed by atoms with van der Waals surface area (Å²) in [6.45, 7) is 1.57. The highest BCUT2D eigenvalue weighted by molar-refractivity contribution is 8.00. The number of nitrogens with one attached hydrogen (secondary N) is 1. The number of aromatic nitrogens is 2. The highest BCUT2D eigenvalue weighted by Crippen LogP contribution is 2.53. The minimum Gasteiger partial charge on any atom is -0.462 e. The molecule has 0 aliphatic carbocycles. The molecule has 2 aromatic heterocycles. The van der Waals surface area contributed by atoms with Gasteiger partial charge in [-0.15, -0.1) is 0 Å². The van der Waals surface area contributed by atoms with Crippen LogP contribution in [0.2, 0.25) is 0 Å². The van der Waals surface area contributed by atoms with Gasteiger partial charge in [-0.05, 0) is 67.1 Å². The molecule has 6 rings (SSSR count). The Labute approximate surface area is 252 Å². The molecule has 13 heteroatoms. The van der Waals surface area contributed by atoms with Crippen LogP contribution < -0.4 is 15.1 Å². The monoisotopic (exact) mass is 618 g/mol. The number of carbonyl (C=O) groups excluding carboxylic acids is 4. The highest BCUT2D eigenvalue weighted by atomic mass is 32.2. The zero-order chi connectivity index (χ0) is 30.2. The van der Waals surface area contributed by atoms with E-state index in [0.29, 0.717) is 26.8 Å². The minimum atomic E-state index is -0.879. The van der Waals surface area contributed by atoms with Gasteiger partial charge in [0.1, 0.15) is 17.6 Å². The molecule has 0 bridgehead atoms. The van der Waals surface area contributed by atoms with Gasteiger partial charge in [-0.3, -0.25) is 28.7 Å². The maximum Gasteiger partial charge on any atom is 0.338 e. The Kier molecular flexibility index (Phi) is 7.67. The van der Waals surface area contributed by atoms with Crippen LogP contribution >= 0.6 is 23.1 Å². The summed E-state index contributed by atoms with van der Waals surface area (Å²) in [4.78, 5) is 71.5. The zero-order valence-electron chi connectivity index (χ0n) is 22.6. The van der Waals surface area contributed by atoms with Crippen LogP contribution in [-0.2, 0) is 25.7 Å². The number of hydrogen-bond acceptors (Lipinski definition) is 9. The third kappa shape index (κ3) is 5.25. The molecule has 4 aromatic rings. The highest BCUT2D eigenvalue weighted by Gasteiger charge is 2.56. The van der Waals surface area contributed by atoms with Crippen molar-refractivity contribution in [2.45, 2.75) is 29.7 Å². The van der Waals surface area contributed by atoms with E-state index in [-0.39, 0.29) is 18.7 Å². The summed E-state index contributed by atoms with van der Waals surface area (Å²) in [6.07, 6.45) is 3.19. The molecule has 2 aliphatic rings. The van der Waals surface area contributed by atoms with Gasteiger partial charge in [0.05, 0.1) is 28.8 Å². The van der Waals surface area contributed by atoms with Crippen LogP contribution in [0, 0.1) is 11.7 Å². The third-order valence-electron chi connectivity index (χ3n) is 7.16. The predicted molar refractivity (Wildman–Crippen MR) is 158 cm³/mol. The fraction of sp³-hybridized carbons (Fsp3) is 0.200. The summed E-state index contributed by atoms with van der Waals surface area (Å²) in [5.74, 6) is -3.87. The topological polar surface area (TPSA) is 128 Å².